The number of hydrogen-bond donors (Lipinski definition) is 1. The lowest BCUT2D eigenvalue weighted by Gasteiger charge is -2.37. The number of guanidine groups is 1. The van der Waals surface area contributed by atoms with Crippen LogP contribution in [0.2, 0.25) is 0 Å². The standard InChI is InChI=1S/C22H29FN4O2S.HI/c1-2-24-22(25-13-6-18-30(28,29)21-7-4-3-5-8-21)27-16-14-26(15-17-27)20-11-9-19(23)10-12-20;/h3-5,7-12H,2,6,13-18H2,1H3,(H,24,25);1H. The molecular weight excluding hydrogens is 530 g/mol. The maximum Gasteiger partial charge on any atom is 0.194 e. The van der Waals surface area contributed by atoms with Gasteiger partial charge < -0.3 is 15.1 Å². The van der Waals surface area contributed by atoms with Gasteiger partial charge in [0.05, 0.1) is 10.6 Å². The highest BCUT2D eigenvalue weighted by molar-refractivity contribution is 14.0. The second-order valence-electron chi connectivity index (χ2n) is 7.17. The predicted molar refractivity (Wildman–Crippen MR) is 135 cm³/mol. The highest BCUT2D eigenvalue weighted by Gasteiger charge is 2.20. The molecule has 6 nitrogen and oxygen atoms in total. The highest BCUT2D eigenvalue weighted by atomic mass is 127. The molecule has 0 spiro atoms. The lowest BCUT2D eigenvalue weighted by atomic mass is 10.2. The number of halogens is 2. The fraction of sp³-hybridized carbons (Fsp3) is 0.409. The zero-order valence-electron chi connectivity index (χ0n) is 17.7. The summed E-state index contributed by atoms with van der Waals surface area (Å²) in [5.74, 6) is 0.666. The number of hydrogen-bond acceptors (Lipinski definition) is 4. The summed E-state index contributed by atoms with van der Waals surface area (Å²) in [5, 5.41) is 3.30. The number of nitrogens with one attached hydrogen (secondary N) is 1. The van der Waals surface area contributed by atoms with Crippen molar-refractivity contribution in [2.75, 3.05) is 49.9 Å². The van der Waals surface area contributed by atoms with Gasteiger partial charge in [0.25, 0.3) is 0 Å². The van der Waals surface area contributed by atoms with Gasteiger partial charge in [0.1, 0.15) is 5.82 Å². The lowest BCUT2D eigenvalue weighted by molar-refractivity contribution is 0.372. The van der Waals surface area contributed by atoms with E-state index in [9.17, 15) is 12.8 Å². The van der Waals surface area contributed by atoms with Gasteiger partial charge in [0, 0.05) is 45.0 Å². The summed E-state index contributed by atoms with van der Waals surface area (Å²) in [6.07, 6.45) is 0.474. The van der Waals surface area contributed by atoms with Crippen LogP contribution >= 0.6 is 24.0 Å². The maximum absolute atomic E-state index is 13.1. The van der Waals surface area contributed by atoms with E-state index in [1.54, 1.807) is 36.4 Å². The Morgan fingerprint density at radius 2 is 1.68 bits per heavy atom. The van der Waals surface area contributed by atoms with Crippen molar-refractivity contribution >= 4 is 45.5 Å². The molecule has 0 unspecified atom stereocenters. The van der Waals surface area contributed by atoms with Crippen molar-refractivity contribution in [1.29, 1.82) is 0 Å². The van der Waals surface area contributed by atoms with Gasteiger partial charge in [0.2, 0.25) is 0 Å². The summed E-state index contributed by atoms with van der Waals surface area (Å²) in [6, 6.07) is 15.1. The Balaban J connectivity index is 0.00000341. The zero-order valence-corrected chi connectivity index (χ0v) is 20.9. The third kappa shape index (κ3) is 7.34. The van der Waals surface area contributed by atoms with Gasteiger partial charge in [-0.15, -0.1) is 24.0 Å². The largest absolute Gasteiger partial charge is 0.368 e. The molecule has 1 saturated heterocycles. The molecular formula is C22H30FIN4O2S. The van der Waals surface area contributed by atoms with Crippen molar-refractivity contribution in [3.05, 3.63) is 60.4 Å². The van der Waals surface area contributed by atoms with Crippen LogP contribution in [0.5, 0.6) is 0 Å². The zero-order chi connectivity index (χ0) is 21.4. The Morgan fingerprint density at radius 3 is 2.29 bits per heavy atom. The minimum Gasteiger partial charge on any atom is -0.368 e. The molecule has 1 N–H and O–H groups in total. The molecule has 2 aromatic rings. The van der Waals surface area contributed by atoms with Crippen molar-refractivity contribution in [1.82, 2.24) is 10.2 Å². The topological polar surface area (TPSA) is 65.0 Å². The Morgan fingerprint density at radius 1 is 1.03 bits per heavy atom. The van der Waals surface area contributed by atoms with E-state index in [4.69, 9.17) is 0 Å². The molecule has 0 amide bonds. The third-order valence-corrected chi connectivity index (χ3v) is 6.86. The molecule has 31 heavy (non-hydrogen) atoms. The van der Waals surface area contributed by atoms with E-state index < -0.39 is 9.84 Å². The van der Waals surface area contributed by atoms with Crippen molar-refractivity contribution in [3.63, 3.8) is 0 Å². The van der Waals surface area contributed by atoms with E-state index in [0.29, 0.717) is 17.9 Å². The van der Waals surface area contributed by atoms with Crippen LogP contribution < -0.4 is 10.2 Å². The van der Waals surface area contributed by atoms with Crippen LogP contribution in [-0.2, 0) is 9.84 Å². The second-order valence-corrected chi connectivity index (χ2v) is 9.28. The van der Waals surface area contributed by atoms with E-state index in [0.717, 1.165) is 44.4 Å². The Labute approximate surface area is 201 Å². The Hall–Kier alpha value is -1.88. The molecule has 0 aromatic heterocycles. The molecule has 0 radical (unpaired) electrons. The molecule has 1 aliphatic heterocycles. The number of aliphatic imine (C=N–C) groups is 1. The van der Waals surface area contributed by atoms with E-state index in [1.807, 2.05) is 13.0 Å². The summed E-state index contributed by atoms with van der Waals surface area (Å²) < 4.78 is 37.9. The summed E-state index contributed by atoms with van der Waals surface area (Å²) >= 11 is 0. The maximum atomic E-state index is 13.1. The summed E-state index contributed by atoms with van der Waals surface area (Å²) in [4.78, 5) is 9.42. The summed E-state index contributed by atoms with van der Waals surface area (Å²) in [7, 11) is -3.27. The van der Waals surface area contributed by atoms with E-state index in [1.165, 1.54) is 12.1 Å². The average molecular weight is 560 g/mol. The van der Waals surface area contributed by atoms with Crippen LogP contribution in [0, 0.1) is 5.82 Å². The molecule has 1 heterocycles. The summed E-state index contributed by atoms with van der Waals surface area (Å²) in [6.45, 7) is 6.45. The van der Waals surface area contributed by atoms with Crippen LogP contribution in [0.25, 0.3) is 0 Å². The van der Waals surface area contributed by atoms with Gasteiger partial charge in [-0.3, -0.25) is 4.99 Å². The predicted octanol–water partition coefficient (Wildman–Crippen LogP) is 3.40. The van der Waals surface area contributed by atoms with Gasteiger partial charge in [-0.1, -0.05) is 18.2 Å². The molecule has 0 aliphatic carbocycles. The normalized spacial score (nSPS) is 14.8. The van der Waals surface area contributed by atoms with Gasteiger partial charge in [-0.2, -0.15) is 0 Å². The molecule has 1 aliphatic rings. The van der Waals surface area contributed by atoms with Crippen molar-refractivity contribution < 1.29 is 12.8 Å². The average Bonchev–Trinajstić information content (AvgIpc) is 2.77. The van der Waals surface area contributed by atoms with Crippen LogP contribution in [0.1, 0.15) is 13.3 Å². The van der Waals surface area contributed by atoms with Crippen molar-refractivity contribution in [3.8, 4) is 0 Å². The van der Waals surface area contributed by atoms with E-state index in [-0.39, 0.29) is 35.5 Å². The first-order valence-corrected chi connectivity index (χ1v) is 12.0. The SMILES string of the molecule is CCNC(=NCCCS(=O)(=O)c1ccccc1)N1CCN(c2ccc(F)cc2)CC1.I. The molecule has 2 aromatic carbocycles. The first-order valence-electron chi connectivity index (χ1n) is 10.3. The van der Waals surface area contributed by atoms with E-state index >= 15 is 0 Å². The fourth-order valence-electron chi connectivity index (χ4n) is 3.44. The molecule has 170 valence electrons. The monoisotopic (exact) mass is 560 g/mol. The van der Waals surface area contributed by atoms with Crippen LogP contribution in [-0.4, -0.2) is 64.3 Å². The van der Waals surface area contributed by atoms with Crippen LogP contribution in [0.3, 0.4) is 0 Å². The smallest absolute Gasteiger partial charge is 0.194 e. The minimum absolute atomic E-state index is 0. The molecule has 9 heteroatoms. The molecule has 0 bridgehead atoms. The van der Waals surface area contributed by atoms with E-state index in [2.05, 4.69) is 20.1 Å². The molecule has 3 rings (SSSR count). The van der Waals surface area contributed by atoms with Crippen molar-refractivity contribution in [2.45, 2.75) is 18.2 Å². The second kappa shape index (κ2) is 12.2. The molecule has 0 saturated carbocycles. The molecule has 0 atom stereocenters. The Kier molecular flexibility index (Phi) is 10.0. The number of nitrogens with zero attached hydrogens (tertiary/aromatic N) is 3. The number of rotatable bonds is 7. The number of benzene rings is 2. The van der Waals surface area contributed by atoms with Gasteiger partial charge in [0.15, 0.2) is 15.8 Å². The molecule has 1 fully saturated rings. The first-order chi connectivity index (χ1) is 14.5. The van der Waals surface area contributed by atoms with Crippen molar-refractivity contribution in [2.24, 2.45) is 4.99 Å². The number of sulfone groups is 1. The summed E-state index contributed by atoms with van der Waals surface area (Å²) in [5.41, 5.74) is 1.02. The van der Waals surface area contributed by atoms with Crippen LogP contribution in [0.15, 0.2) is 64.5 Å². The highest BCUT2D eigenvalue weighted by Crippen LogP contribution is 2.17. The van der Waals surface area contributed by atoms with Crippen LogP contribution in [0.4, 0.5) is 10.1 Å². The minimum atomic E-state index is -3.27. The third-order valence-electron chi connectivity index (χ3n) is 5.04. The quantitative estimate of drug-likeness (QED) is 0.244. The number of anilines is 1. The van der Waals surface area contributed by atoms with Gasteiger partial charge >= 0.3 is 0 Å². The fourth-order valence-corrected chi connectivity index (χ4v) is 4.76. The number of piperazine rings is 1. The van der Waals surface area contributed by atoms with Gasteiger partial charge in [-0.05, 0) is 49.7 Å². The van der Waals surface area contributed by atoms with Gasteiger partial charge in [-0.25, -0.2) is 12.8 Å². The lowest BCUT2D eigenvalue weighted by Crippen LogP contribution is -2.52. The first kappa shape index (κ1) is 25.4. The Bertz CT molecular complexity index is 932.